The Morgan fingerprint density at radius 2 is 1.59 bits per heavy atom. The highest BCUT2D eigenvalue weighted by Crippen LogP contribution is 2.27. The van der Waals surface area contributed by atoms with Crippen LogP contribution in [0.15, 0.2) is 48.5 Å². The standard InChI is InChI=1S/C18H17N3O2.2C2H6/c1-12-19-16-10-9-14(18(22)21(2)23-3)11-15(16)17(20-12)13-7-5-4-6-8-13;2*1-2/h4-11H,1-3H3;2*1-2H3. The van der Waals surface area contributed by atoms with Crippen molar-refractivity contribution in [2.75, 3.05) is 14.2 Å². The topological polar surface area (TPSA) is 55.3 Å². The number of hydrogen-bond acceptors (Lipinski definition) is 4. The van der Waals surface area contributed by atoms with Crippen molar-refractivity contribution in [2.45, 2.75) is 34.6 Å². The minimum atomic E-state index is -0.214. The van der Waals surface area contributed by atoms with Crippen LogP contribution in [0.3, 0.4) is 0 Å². The van der Waals surface area contributed by atoms with E-state index in [-0.39, 0.29) is 5.91 Å². The predicted molar refractivity (Wildman–Crippen MR) is 112 cm³/mol. The molecule has 0 saturated heterocycles. The van der Waals surface area contributed by atoms with Crippen LogP contribution in [-0.4, -0.2) is 35.1 Å². The van der Waals surface area contributed by atoms with E-state index in [9.17, 15) is 4.79 Å². The van der Waals surface area contributed by atoms with Crippen LogP contribution < -0.4 is 0 Å². The van der Waals surface area contributed by atoms with Gasteiger partial charge in [0.2, 0.25) is 0 Å². The molecule has 3 aromatic rings. The summed E-state index contributed by atoms with van der Waals surface area (Å²) in [5.74, 6) is 0.485. The van der Waals surface area contributed by atoms with Crippen LogP contribution in [0.25, 0.3) is 22.2 Å². The molecule has 0 atom stereocenters. The average molecular weight is 367 g/mol. The molecule has 3 rings (SSSR count). The maximum absolute atomic E-state index is 12.3. The van der Waals surface area contributed by atoms with Crippen LogP contribution in [0, 0.1) is 6.92 Å². The van der Waals surface area contributed by atoms with Crippen LogP contribution in [0.5, 0.6) is 0 Å². The Balaban J connectivity index is 0.000000855. The third-order valence-corrected chi connectivity index (χ3v) is 3.66. The van der Waals surface area contributed by atoms with Crippen molar-refractivity contribution in [1.29, 1.82) is 0 Å². The molecule has 0 fully saturated rings. The summed E-state index contributed by atoms with van der Waals surface area (Å²) in [4.78, 5) is 26.3. The fraction of sp³-hybridized carbons (Fsp3) is 0.318. The largest absolute Gasteiger partial charge is 0.277 e. The van der Waals surface area contributed by atoms with Gasteiger partial charge >= 0.3 is 0 Å². The van der Waals surface area contributed by atoms with Crippen molar-refractivity contribution in [3.05, 3.63) is 59.9 Å². The number of carbonyl (C=O) groups excluding carboxylic acids is 1. The summed E-state index contributed by atoms with van der Waals surface area (Å²) in [6, 6.07) is 15.3. The molecule has 5 nitrogen and oxygen atoms in total. The number of rotatable bonds is 3. The van der Waals surface area contributed by atoms with E-state index in [1.54, 1.807) is 13.1 Å². The molecule has 0 N–H and O–H groups in total. The molecule has 27 heavy (non-hydrogen) atoms. The van der Waals surface area contributed by atoms with Gasteiger partial charge in [0.15, 0.2) is 0 Å². The molecule has 0 radical (unpaired) electrons. The van der Waals surface area contributed by atoms with Crippen LogP contribution in [0.4, 0.5) is 0 Å². The molecule has 1 aromatic heterocycles. The Kier molecular flexibility index (Phi) is 9.09. The smallest absolute Gasteiger partial charge is 0.274 e. The maximum Gasteiger partial charge on any atom is 0.277 e. The minimum absolute atomic E-state index is 0.214. The normalized spacial score (nSPS) is 9.59. The zero-order valence-electron chi connectivity index (χ0n) is 17.3. The first-order valence-electron chi connectivity index (χ1n) is 9.26. The van der Waals surface area contributed by atoms with Crippen molar-refractivity contribution in [2.24, 2.45) is 0 Å². The molecule has 0 spiro atoms. The molecular formula is C22H29N3O2. The maximum atomic E-state index is 12.3. The molecule has 0 bridgehead atoms. The van der Waals surface area contributed by atoms with Gasteiger partial charge in [-0.05, 0) is 25.1 Å². The Morgan fingerprint density at radius 1 is 0.963 bits per heavy atom. The molecule has 2 aromatic carbocycles. The monoisotopic (exact) mass is 367 g/mol. The van der Waals surface area contributed by atoms with Gasteiger partial charge in [-0.15, -0.1) is 0 Å². The predicted octanol–water partition coefficient (Wildman–Crippen LogP) is 5.29. The lowest BCUT2D eigenvalue weighted by Gasteiger charge is -2.14. The van der Waals surface area contributed by atoms with Crippen molar-refractivity contribution in [3.8, 4) is 11.3 Å². The minimum Gasteiger partial charge on any atom is -0.274 e. The molecule has 0 aliphatic heterocycles. The number of benzene rings is 2. The summed E-state index contributed by atoms with van der Waals surface area (Å²) >= 11 is 0. The highest BCUT2D eigenvalue weighted by Gasteiger charge is 2.15. The van der Waals surface area contributed by atoms with Gasteiger partial charge < -0.3 is 0 Å². The first-order chi connectivity index (χ1) is 13.1. The van der Waals surface area contributed by atoms with Gasteiger partial charge in [-0.3, -0.25) is 9.63 Å². The number of hydrogen-bond donors (Lipinski definition) is 0. The van der Waals surface area contributed by atoms with Crippen molar-refractivity contribution < 1.29 is 9.63 Å². The second kappa shape index (κ2) is 11.0. The first kappa shape index (κ1) is 22.3. The summed E-state index contributed by atoms with van der Waals surface area (Å²) in [5, 5.41) is 2.04. The van der Waals surface area contributed by atoms with Gasteiger partial charge in [0, 0.05) is 23.6 Å². The Bertz CT molecular complexity index is 864. The lowest BCUT2D eigenvalue weighted by molar-refractivity contribution is -0.0756. The molecule has 5 heteroatoms. The summed E-state index contributed by atoms with van der Waals surface area (Å²) < 4.78 is 0. The van der Waals surface area contributed by atoms with Crippen molar-refractivity contribution >= 4 is 16.8 Å². The Labute approximate surface area is 162 Å². The number of amides is 1. The second-order valence-corrected chi connectivity index (χ2v) is 5.20. The first-order valence-corrected chi connectivity index (χ1v) is 9.26. The second-order valence-electron chi connectivity index (χ2n) is 5.20. The number of carbonyl (C=O) groups is 1. The molecular weight excluding hydrogens is 338 g/mol. The Morgan fingerprint density at radius 3 is 2.19 bits per heavy atom. The van der Waals surface area contributed by atoms with E-state index >= 15 is 0 Å². The van der Waals surface area contributed by atoms with Crippen molar-refractivity contribution in [1.82, 2.24) is 15.0 Å². The van der Waals surface area contributed by atoms with E-state index in [0.29, 0.717) is 11.4 Å². The van der Waals surface area contributed by atoms with Gasteiger partial charge in [0.25, 0.3) is 5.91 Å². The number of hydroxylamine groups is 2. The third kappa shape index (κ3) is 5.34. The molecule has 1 heterocycles. The van der Waals surface area contributed by atoms with E-state index in [4.69, 9.17) is 4.84 Å². The quantitative estimate of drug-likeness (QED) is 0.590. The van der Waals surface area contributed by atoms with Crippen molar-refractivity contribution in [3.63, 3.8) is 0 Å². The molecule has 0 aliphatic carbocycles. The fourth-order valence-corrected chi connectivity index (χ4v) is 2.46. The fourth-order valence-electron chi connectivity index (χ4n) is 2.46. The number of fused-ring (bicyclic) bond motifs is 1. The third-order valence-electron chi connectivity index (χ3n) is 3.66. The number of nitrogens with zero attached hydrogens (tertiary/aromatic N) is 3. The highest BCUT2D eigenvalue weighted by atomic mass is 16.7. The molecule has 1 amide bonds. The zero-order chi connectivity index (χ0) is 20.4. The van der Waals surface area contributed by atoms with Crippen LogP contribution in [0.1, 0.15) is 43.9 Å². The van der Waals surface area contributed by atoms with E-state index in [1.807, 2.05) is 77.1 Å². The summed E-state index contributed by atoms with van der Waals surface area (Å²) in [6.07, 6.45) is 0. The van der Waals surface area contributed by atoms with E-state index in [0.717, 1.165) is 22.2 Å². The lowest BCUT2D eigenvalue weighted by atomic mass is 10.0. The highest BCUT2D eigenvalue weighted by molar-refractivity contribution is 6.00. The van der Waals surface area contributed by atoms with Gasteiger partial charge in [0.05, 0.1) is 18.3 Å². The van der Waals surface area contributed by atoms with E-state index in [1.165, 1.54) is 12.2 Å². The molecule has 0 unspecified atom stereocenters. The summed E-state index contributed by atoms with van der Waals surface area (Å²) in [6.45, 7) is 9.86. The summed E-state index contributed by atoms with van der Waals surface area (Å²) in [5.41, 5.74) is 3.16. The van der Waals surface area contributed by atoms with E-state index < -0.39 is 0 Å². The summed E-state index contributed by atoms with van der Waals surface area (Å²) in [7, 11) is 3.04. The lowest BCUT2D eigenvalue weighted by Crippen LogP contribution is -2.25. The zero-order valence-corrected chi connectivity index (χ0v) is 17.3. The van der Waals surface area contributed by atoms with Crippen LogP contribution in [-0.2, 0) is 4.84 Å². The SMILES string of the molecule is CC.CC.CON(C)C(=O)c1ccc2nc(C)nc(-c3ccccc3)c2c1. The van der Waals surface area contributed by atoms with Gasteiger partial charge in [-0.25, -0.2) is 15.0 Å². The van der Waals surface area contributed by atoms with Crippen LogP contribution >= 0.6 is 0 Å². The van der Waals surface area contributed by atoms with Gasteiger partial charge in [-0.1, -0.05) is 58.0 Å². The Hall–Kier alpha value is -2.79. The average Bonchev–Trinajstić information content (AvgIpc) is 2.75. The number of aryl methyl sites for hydroxylation is 1. The van der Waals surface area contributed by atoms with Crippen LogP contribution in [0.2, 0.25) is 0 Å². The van der Waals surface area contributed by atoms with Gasteiger partial charge in [-0.2, -0.15) is 0 Å². The molecule has 144 valence electrons. The van der Waals surface area contributed by atoms with Gasteiger partial charge in [0.1, 0.15) is 5.82 Å². The molecule has 0 aliphatic rings. The molecule has 0 saturated carbocycles. The number of aromatic nitrogens is 2. The van der Waals surface area contributed by atoms with E-state index in [2.05, 4.69) is 9.97 Å².